The first-order chi connectivity index (χ1) is 12.2. The standard InChI is InChI=1S/C19H35N5O/c1-20-19(23(2)15-17-14-22-24(3)16-17)21-12-8-9-13-25-18-10-6-4-5-7-11-18/h14,16,18H,4-13,15H2,1-3H3,(H,20,21). The van der Waals surface area contributed by atoms with Crippen LogP contribution in [-0.4, -0.2) is 54.0 Å². The Morgan fingerprint density at radius 1 is 1.32 bits per heavy atom. The highest BCUT2D eigenvalue weighted by atomic mass is 16.5. The molecule has 1 saturated carbocycles. The van der Waals surface area contributed by atoms with Crippen molar-refractivity contribution in [2.75, 3.05) is 27.2 Å². The molecule has 0 spiro atoms. The lowest BCUT2D eigenvalue weighted by molar-refractivity contribution is 0.0411. The van der Waals surface area contributed by atoms with Gasteiger partial charge in [-0.1, -0.05) is 25.7 Å². The van der Waals surface area contributed by atoms with Crippen molar-refractivity contribution in [3.63, 3.8) is 0 Å². The van der Waals surface area contributed by atoms with Crippen LogP contribution >= 0.6 is 0 Å². The van der Waals surface area contributed by atoms with Crippen LogP contribution in [0.25, 0.3) is 0 Å². The van der Waals surface area contributed by atoms with E-state index in [0.717, 1.165) is 38.5 Å². The summed E-state index contributed by atoms with van der Waals surface area (Å²) < 4.78 is 7.87. The monoisotopic (exact) mass is 349 g/mol. The Balaban J connectivity index is 1.57. The fourth-order valence-corrected chi connectivity index (χ4v) is 3.37. The molecular formula is C19H35N5O. The average molecular weight is 350 g/mol. The molecule has 0 bridgehead atoms. The zero-order valence-corrected chi connectivity index (χ0v) is 16.2. The fraction of sp³-hybridized carbons (Fsp3) is 0.789. The van der Waals surface area contributed by atoms with Gasteiger partial charge in [-0.05, 0) is 25.7 Å². The Morgan fingerprint density at radius 2 is 2.08 bits per heavy atom. The molecule has 142 valence electrons. The Morgan fingerprint density at radius 3 is 2.72 bits per heavy atom. The molecule has 1 N–H and O–H groups in total. The molecule has 0 aromatic carbocycles. The predicted octanol–water partition coefficient (Wildman–Crippen LogP) is 2.95. The summed E-state index contributed by atoms with van der Waals surface area (Å²) in [6.07, 6.45) is 14.6. The minimum absolute atomic E-state index is 0.508. The van der Waals surface area contributed by atoms with Gasteiger partial charge in [0.25, 0.3) is 0 Å². The summed E-state index contributed by atoms with van der Waals surface area (Å²) in [6, 6.07) is 0. The smallest absolute Gasteiger partial charge is 0.193 e. The molecule has 25 heavy (non-hydrogen) atoms. The molecule has 0 unspecified atom stereocenters. The number of aromatic nitrogens is 2. The van der Waals surface area contributed by atoms with E-state index in [1.807, 2.05) is 31.2 Å². The van der Waals surface area contributed by atoms with Crippen LogP contribution in [-0.2, 0) is 18.3 Å². The van der Waals surface area contributed by atoms with E-state index in [1.54, 1.807) is 0 Å². The Labute approximate surface area is 152 Å². The van der Waals surface area contributed by atoms with Crippen LogP contribution in [0.15, 0.2) is 17.4 Å². The molecule has 6 nitrogen and oxygen atoms in total. The SMILES string of the molecule is CN=C(NCCCCOC1CCCCCC1)N(C)Cc1cnn(C)c1. The summed E-state index contributed by atoms with van der Waals surface area (Å²) in [7, 11) is 5.82. The van der Waals surface area contributed by atoms with Gasteiger partial charge in [0.05, 0.1) is 12.3 Å². The van der Waals surface area contributed by atoms with Crippen molar-refractivity contribution in [1.29, 1.82) is 0 Å². The van der Waals surface area contributed by atoms with Crippen molar-refractivity contribution < 1.29 is 4.74 Å². The molecule has 1 aromatic rings. The van der Waals surface area contributed by atoms with Crippen LogP contribution in [0.5, 0.6) is 0 Å². The van der Waals surface area contributed by atoms with Crippen molar-refractivity contribution >= 4 is 5.96 Å². The fourth-order valence-electron chi connectivity index (χ4n) is 3.37. The van der Waals surface area contributed by atoms with Gasteiger partial charge in [0.1, 0.15) is 0 Å². The number of unbranched alkanes of at least 4 members (excludes halogenated alkanes) is 1. The predicted molar refractivity (Wildman–Crippen MR) is 103 cm³/mol. The molecule has 0 radical (unpaired) electrons. The van der Waals surface area contributed by atoms with Crippen LogP contribution in [0.2, 0.25) is 0 Å². The van der Waals surface area contributed by atoms with Crippen molar-refractivity contribution in [2.24, 2.45) is 12.0 Å². The van der Waals surface area contributed by atoms with Crippen LogP contribution in [0.4, 0.5) is 0 Å². The minimum Gasteiger partial charge on any atom is -0.378 e. The number of aryl methyl sites for hydroxylation is 1. The number of nitrogens with zero attached hydrogens (tertiary/aromatic N) is 4. The maximum atomic E-state index is 6.05. The van der Waals surface area contributed by atoms with Crippen LogP contribution in [0, 0.1) is 0 Å². The van der Waals surface area contributed by atoms with Gasteiger partial charge in [-0.3, -0.25) is 9.67 Å². The number of guanidine groups is 1. The lowest BCUT2D eigenvalue weighted by Gasteiger charge is -2.21. The number of hydrogen-bond acceptors (Lipinski definition) is 3. The molecule has 0 atom stereocenters. The first-order valence-corrected chi connectivity index (χ1v) is 9.70. The number of rotatable bonds is 8. The third kappa shape index (κ3) is 7.46. The summed E-state index contributed by atoms with van der Waals surface area (Å²) in [6.45, 7) is 2.62. The van der Waals surface area contributed by atoms with Gasteiger partial charge < -0.3 is 15.0 Å². The molecule has 1 fully saturated rings. The second-order valence-electron chi connectivity index (χ2n) is 7.04. The molecule has 0 aliphatic heterocycles. The summed E-state index contributed by atoms with van der Waals surface area (Å²) in [5, 5.41) is 7.65. The van der Waals surface area contributed by atoms with E-state index in [1.165, 1.54) is 44.1 Å². The van der Waals surface area contributed by atoms with Gasteiger partial charge in [0.2, 0.25) is 0 Å². The summed E-state index contributed by atoms with van der Waals surface area (Å²) in [5.41, 5.74) is 1.18. The Kier molecular flexibility index (Phi) is 8.80. The second kappa shape index (κ2) is 11.1. The largest absolute Gasteiger partial charge is 0.378 e. The van der Waals surface area contributed by atoms with Gasteiger partial charge in [0.15, 0.2) is 5.96 Å². The van der Waals surface area contributed by atoms with E-state index in [0.29, 0.717) is 6.10 Å². The first kappa shape index (κ1) is 19.8. The molecule has 2 rings (SSSR count). The average Bonchev–Trinajstić information content (AvgIpc) is 2.85. The van der Waals surface area contributed by atoms with Crippen molar-refractivity contribution in [1.82, 2.24) is 20.0 Å². The number of ether oxygens (including phenoxy) is 1. The molecule has 0 amide bonds. The molecule has 1 heterocycles. The van der Waals surface area contributed by atoms with Gasteiger partial charge >= 0.3 is 0 Å². The maximum absolute atomic E-state index is 6.05. The first-order valence-electron chi connectivity index (χ1n) is 9.70. The van der Waals surface area contributed by atoms with E-state index < -0.39 is 0 Å². The highest BCUT2D eigenvalue weighted by molar-refractivity contribution is 5.79. The van der Waals surface area contributed by atoms with Crippen LogP contribution in [0.3, 0.4) is 0 Å². The third-order valence-electron chi connectivity index (χ3n) is 4.76. The van der Waals surface area contributed by atoms with Gasteiger partial charge in [0, 0.05) is 52.6 Å². The van der Waals surface area contributed by atoms with E-state index in [9.17, 15) is 0 Å². The highest BCUT2D eigenvalue weighted by Gasteiger charge is 2.12. The lowest BCUT2D eigenvalue weighted by Crippen LogP contribution is -2.38. The molecule has 6 heteroatoms. The zero-order chi connectivity index (χ0) is 17.9. The highest BCUT2D eigenvalue weighted by Crippen LogP contribution is 2.19. The van der Waals surface area contributed by atoms with Crippen molar-refractivity contribution in [3.8, 4) is 0 Å². The Hall–Kier alpha value is -1.56. The molecule has 1 aliphatic rings. The molecular weight excluding hydrogens is 314 g/mol. The molecule has 1 aliphatic carbocycles. The van der Waals surface area contributed by atoms with Gasteiger partial charge in [-0.15, -0.1) is 0 Å². The van der Waals surface area contributed by atoms with Gasteiger partial charge in [-0.25, -0.2) is 0 Å². The second-order valence-corrected chi connectivity index (χ2v) is 7.04. The number of aliphatic imine (C=N–C) groups is 1. The summed E-state index contributed by atoms with van der Waals surface area (Å²) in [5.74, 6) is 0.925. The zero-order valence-electron chi connectivity index (χ0n) is 16.2. The van der Waals surface area contributed by atoms with E-state index in [-0.39, 0.29) is 0 Å². The van der Waals surface area contributed by atoms with Gasteiger partial charge in [-0.2, -0.15) is 5.10 Å². The molecule has 1 aromatic heterocycles. The number of hydrogen-bond donors (Lipinski definition) is 1. The Bertz CT molecular complexity index is 506. The minimum atomic E-state index is 0.508. The topological polar surface area (TPSA) is 54.7 Å². The summed E-state index contributed by atoms with van der Waals surface area (Å²) >= 11 is 0. The van der Waals surface area contributed by atoms with E-state index in [4.69, 9.17) is 4.74 Å². The maximum Gasteiger partial charge on any atom is 0.193 e. The molecule has 0 saturated heterocycles. The summed E-state index contributed by atoms with van der Waals surface area (Å²) in [4.78, 5) is 6.49. The quantitative estimate of drug-likeness (QED) is 0.339. The normalized spacial score (nSPS) is 16.7. The van der Waals surface area contributed by atoms with E-state index in [2.05, 4.69) is 27.4 Å². The van der Waals surface area contributed by atoms with E-state index >= 15 is 0 Å². The van der Waals surface area contributed by atoms with Crippen molar-refractivity contribution in [2.45, 2.75) is 64.0 Å². The number of nitrogens with one attached hydrogen (secondary N) is 1. The lowest BCUT2D eigenvalue weighted by atomic mass is 10.1. The van der Waals surface area contributed by atoms with Crippen LogP contribution in [0.1, 0.15) is 56.9 Å². The third-order valence-corrected chi connectivity index (χ3v) is 4.76. The van der Waals surface area contributed by atoms with Crippen LogP contribution < -0.4 is 5.32 Å². The van der Waals surface area contributed by atoms with Crippen molar-refractivity contribution in [3.05, 3.63) is 18.0 Å².